The molecule has 2 aromatic rings. The molecule has 1 heterocycles. The lowest BCUT2D eigenvalue weighted by Gasteiger charge is -2.09. The predicted octanol–water partition coefficient (Wildman–Crippen LogP) is 4.62. The zero-order valence-electron chi connectivity index (χ0n) is 13.4. The van der Waals surface area contributed by atoms with Gasteiger partial charge in [-0.05, 0) is 17.9 Å². The molecule has 1 N–H and O–H groups in total. The summed E-state index contributed by atoms with van der Waals surface area (Å²) in [6.45, 7) is 8.66. The Kier molecular flexibility index (Phi) is 6.80. The number of anilines is 1. The Morgan fingerprint density at radius 2 is 2.13 bits per heavy atom. The number of nitrogens with zero attached hydrogens (tertiary/aromatic N) is 2. The van der Waals surface area contributed by atoms with Gasteiger partial charge in [-0.2, -0.15) is 0 Å². The Morgan fingerprint density at radius 3 is 2.78 bits per heavy atom. The van der Waals surface area contributed by atoms with Crippen molar-refractivity contribution in [2.45, 2.75) is 30.5 Å². The van der Waals surface area contributed by atoms with E-state index in [1.807, 2.05) is 24.3 Å². The molecule has 0 fully saturated rings. The highest BCUT2D eigenvalue weighted by Gasteiger charge is 2.11. The second-order valence-electron chi connectivity index (χ2n) is 5.19. The molecule has 0 aliphatic heterocycles. The lowest BCUT2D eigenvalue weighted by molar-refractivity contribution is 0.102. The largest absolute Gasteiger partial charge is 0.357 e. The molecular formula is C17H21N3OS2. The van der Waals surface area contributed by atoms with E-state index < -0.39 is 0 Å². The molecule has 1 aromatic heterocycles. The molecule has 0 radical (unpaired) electrons. The predicted molar refractivity (Wildman–Crippen MR) is 98.8 cm³/mol. The van der Waals surface area contributed by atoms with Gasteiger partial charge in [0.2, 0.25) is 5.13 Å². The standard InChI is InChI=1S/C17H21N3OS2/c1-4-10-18-16-19-20-17(23-16)22-11-15(21)14-8-6-13(7-9-14)12(3)5-2/h4,6-9,12H,1,5,10-11H2,2-3H3,(H,18,19). The van der Waals surface area contributed by atoms with Crippen LogP contribution in [0.4, 0.5) is 5.13 Å². The smallest absolute Gasteiger partial charge is 0.206 e. The van der Waals surface area contributed by atoms with Crippen molar-refractivity contribution in [3.63, 3.8) is 0 Å². The number of rotatable bonds is 9. The first-order valence-corrected chi connectivity index (χ1v) is 9.38. The number of Topliss-reactive ketones (excluding diaryl/α,β-unsaturated/α-hetero) is 1. The van der Waals surface area contributed by atoms with Crippen LogP contribution in [0.25, 0.3) is 0 Å². The van der Waals surface area contributed by atoms with Gasteiger partial charge in [-0.3, -0.25) is 4.79 Å². The van der Waals surface area contributed by atoms with Gasteiger partial charge in [0, 0.05) is 12.1 Å². The van der Waals surface area contributed by atoms with Crippen molar-refractivity contribution in [3.05, 3.63) is 48.0 Å². The third-order valence-electron chi connectivity index (χ3n) is 3.54. The van der Waals surface area contributed by atoms with E-state index in [1.54, 1.807) is 6.08 Å². The van der Waals surface area contributed by atoms with Crippen molar-refractivity contribution in [2.75, 3.05) is 17.6 Å². The molecule has 2 rings (SSSR count). The summed E-state index contributed by atoms with van der Waals surface area (Å²) in [7, 11) is 0. The Bertz CT molecular complexity index is 652. The highest BCUT2D eigenvalue weighted by atomic mass is 32.2. The number of carbonyl (C=O) groups excluding carboxylic acids is 1. The summed E-state index contributed by atoms with van der Waals surface area (Å²) >= 11 is 2.87. The number of aromatic nitrogens is 2. The number of hydrogen-bond donors (Lipinski definition) is 1. The molecule has 0 saturated heterocycles. The highest BCUT2D eigenvalue weighted by Crippen LogP contribution is 2.26. The lowest BCUT2D eigenvalue weighted by Crippen LogP contribution is -2.02. The lowest BCUT2D eigenvalue weighted by atomic mass is 9.97. The van der Waals surface area contributed by atoms with E-state index in [2.05, 4.69) is 35.9 Å². The SMILES string of the molecule is C=CCNc1nnc(SCC(=O)c2ccc(C(C)CC)cc2)s1. The van der Waals surface area contributed by atoms with Crippen LogP contribution in [0.1, 0.15) is 42.1 Å². The van der Waals surface area contributed by atoms with Crippen LogP contribution < -0.4 is 5.32 Å². The first kappa shape index (κ1) is 17.7. The number of benzene rings is 1. The van der Waals surface area contributed by atoms with Gasteiger partial charge in [0.05, 0.1) is 5.75 Å². The Labute approximate surface area is 145 Å². The number of nitrogens with one attached hydrogen (secondary N) is 1. The Balaban J connectivity index is 1.89. The van der Waals surface area contributed by atoms with Crippen molar-refractivity contribution in [3.8, 4) is 0 Å². The molecule has 1 atom stereocenters. The molecule has 6 heteroatoms. The van der Waals surface area contributed by atoms with E-state index in [0.717, 1.165) is 21.5 Å². The fourth-order valence-corrected chi connectivity index (χ4v) is 3.60. The minimum Gasteiger partial charge on any atom is -0.357 e. The van der Waals surface area contributed by atoms with Gasteiger partial charge in [-0.1, -0.05) is 67.3 Å². The summed E-state index contributed by atoms with van der Waals surface area (Å²) in [6, 6.07) is 7.94. The minimum absolute atomic E-state index is 0.113. The summed E-state index contributed by atoms with van der Waals surface area (Å²) in [6.07, 6.45) is 2.86. The number of carbonyl (C=O) groups is 1. The topological polar surface area (TPSA) is 54.9 Å². The average molecular weight is 348 g/mol. The van der Waals surface area contributed by atoms with Crippen LogP contribution >= 0.6 is 23.1 Å². The molecule has 0 aliphatic carbocycles. The summed E-state index contributed by atoms with van der Waals surface area (Å²) < 4.78 is 0.793. The normalized spacial score (nSPS) is 11.9. The zero-order chi connectivity index (χ0) is 16.7. The molecule has 0 bridgehead atoms. The molecule has 122 valence electrons. The number of hydrogen-bond acceptors (Lipinski definition) is 6. The van der Waals surface area contributed by atoms with Gasteiger partial charge in [0.1, 0.15) is 0 Å². The maximum atomic E-state index is 12.3. The van der Waals surface area contributed by atoms with Crippen LogP contribution in [0.5, 0.6) is 0 Å². The second-order valence-corrected chi connectivity index (χ2v) is 7.39. The van der Waals surface area contributed by atoms with Crippen LogP contribution in [0.2, 0.25) is 0 Å². The Morgan fingerprint density at radius 1 is 1.39 bits per heavy atom. The van der Waals surface area contributed by atoms with Gasteiger partial charge in [-0.25, -0.2) is 0 Å². The van der Waals surface area contributed by atoms with Crippen LogP contribution in [-0.2, 0) is 0 Å². The molecule has 0 spiro atoms. The summed E-state index contributed by atoms with van der Waals surface area (Å²) in [4.78, 5) is 12.3. The minimum atomic E-state index is 0.113. The maximum absolute atomic E-state index is 12.3. The monoisotopic (exact) mass is 347 g/mol. The molecule has 0 aliphatic rings. The molecule has 0 amide bonds. The fraction of sp³-hybridized carbons (Fsp3) is 0.353. The van der Waals surface area contributed by atoms with Crippen molar-refractivity contribution in [1.29, 1.82) is 0 Å². The molecule has 23 heavy (non-hydrogen) atoms. The quantitative estimate of drug-likeness (QED) is 0.407. The maximum Gasteiger partial charge on any atom is 0.206 e. The highest BCUT2D eigenvalue weighted by molar-refractivity contribution is 8.01. The van der Waals surface area contributed by atoms with Crippen molar-refractivity contribution < 1.29 is 4.79 Å². The first-order valence-electron chi connectivity index (χ1n) is 7.58. The van der Waals surface area contributed by atoms with E-state index in [1.165, 1.54) is 28.7 Å². The fourth-order valence-electron chi connectivity index (χ4n) is 1.94. The summed E-state index contributed by atoms with van der Waals surface area (Å²) in [5, 5.41) is 11.9. The summed E-state index contributed by atoms with van der Waals surface area (Å²) in [5.41, 5.74) is 2.03. The molecular weight excluding hydrogens is 326 g/mol. The molecule has 1 unspecified atom stereocenters. The van der Waals surface area contributed by atoms with E-state index in [0.29, 0.717) is 18.2 Å². The third-order valence-corrected chi connectivity index (χ3v) is 5.56. The number of thioether (sulfide) groups is 1. The zero-order valence-corrected chi connectivity index (χ0v) is 15.0. The first-order chi connectivity index (χ1) is 11.1. The van der Waals surface area contributed by atoms with Crippen molar-refractivity contribution >= 4 is 34.0 Å². The Hall–Kier alpha value is -1.66. The van der Waals surface area contributed by atoms with Crippen LogP contribution in [-0.4, -0.2) is 28.3 Å². The van der Waals surface area contributed by atoms with E-state index >= 15 is 0 Å². The van der Waals surface area contributed by atoms with Crippen LogP contribution in [0.3, 0.4) is 0 Å². The van der Waals surface area contributed by atoms with E-state index in [4.69, 9.17) is 0 Å². The van der Waals surface area contributed by atoms with Gasteiger partial charge < -0.3 is 5.32 Å². The second kappa shape index (κ2) is 8.84. The van der Waals surface area contributed by atoms with Gasteiger partial charge in [0.15, 0.2) is 10.1 Å². The average Bonchev–Trinajstić information content (AvgIpc) is 3.05. The van der Waals surface area contributed by atoms with E-state index in [-0.39, 0.29) is 5.78 Å². The number of ketones is 1. The van der Waals surface area contributed by atoms with Crippen LogP contribution in [0.15, 0.2) is 41.3 Å². The van der Waals surface area contributed by atoms with Crippen molar-refractivity contribution in [1.82, 2.24) is 10.2 Å². The molecule has 4 nitrogen and oxygen atoms in total. The summed E-state index contributed by atoms with van der Waals surface area (Å²) in [5.74, 6) is 1.01. The van der Waals surface area contributed by atoms with Gasteiger partial charge in [0.25, 0.3) is 0 Å². The molecule has 0 saturated carbocycles. The van der Waals surface area contributed by atoms with Crippen molar-refractivity contribution in [2.24, 2.45) is 0 Å². The third kappa shape index (κ3) is 5.18. The molecule has 1 aromatic carbocycles. The van der Waals surface area contributed by atoms with Gasteiger partial charge >= 0.3 is 0 Å². The van der Waals surface area contributed by atoms with E-state index in [9.17, 15) is 4.79 Å². The van der Waals surface area contributed by atoms with Gasteiger partial charge in [-0.15, -0.1) is 16.8 Å². The van der Waals surface area contributed by atoms with Crippen LogP contribution in [0, 0.1) is 0 Å².